The van der Waals surface area contributed by atoms with Crippen LogP contribution in [0.3, 0.4) is 0 Å². The van der Waals surface area contributed by atoms with Gasteiger partial charge in [0.05, 0.1) is 20.4 Å². The van der Waals surface area contributed by atoms with Crippen molar-refractivity contribution in [3.63, 3.8) is 0 Å². The number of hydrogen-bond acceptors (Lipinski definition) is 7. The van der Waals surface area contributed by atoms with Crippen molar-refractivity contribution >= 4 is 12.1 Å². The minimum atomic E-state index is -0.544. The van der Waals surface area contributed by atoms with E-state index >= 15 is 0 Å². The third kappa shape index (κ3) is 5.44. The summed E-state index contributed by atoms with van der Waals surface area (Å²) in [5.41, 5.74) is 3.55. The zero-order valence-electron chi connectivity index (χ0n) is 16.4. The molecule has 2 aromatic carbocycles. The topological polar surface area (TPSA) is 115 Å². The van der Waals surface area contributed by atoms with Crippen LogP contribution in [0.15, 0.2) is 64.5 Å². The van der Waals surface area contributed by atoms with Crippen LogP contribution in [0.25, 0.3) is 0 Å². The van der Waals surface area contributed by atoms with Gasteiger partial charge in [-0.2, -0.15) is 10.2 Å². The molecule has 0 fully saturated rings. The highest BCUT2D eigenvalue weighted by Crippen LogP contribution is 2.24. The number of H-pyrrole nitrogens is 1. The SMILES string of the molecule is COc1cccc(OCc2cc(/C=N\NC(=O)c3ccc(=O)[nH]n3)ccc2OC)c1. The predicted molar refractivity (Wildman–Crippen MR) is 110 cm³/mol. The number of aromatic nitrogens is 2. The molecule has 30 heavy (non-hydrogen) atoms. The Balaban J connectivity index is 1.67. The minimum Gasteiger partial charge on any atom is -0.497 e. The Labute approximate surface area is 172 Å². The van der Waals surface area contributed by atoms with Crippen molar-refractivity contribution in [1.29, 1.82) is 0 Å². The molecule has 0 aliphatic rings. The van der Waals surface area contributed by atoms with Crippen LogP contribution >= 0.6 is 0 Å². The van der Waals surface area contributed by atoms with Gasteiger partial charge in [-0.25, -0.2) is 10.5 Å². The predicted octanol–water partition coefficient (Wildman–Crippen LogP) is 2.13. The number of methoxy groups -OCH3 is 2. The van der Waals surface area contributed by atoms with Gasteiger partial charge in [0.25, 0.3) is 11.5 Å². The molecule has 0 unspecified atom stereocenters. The van der Waals surface area contributed by atoms with Crippen LogP contribution < -0.4 is 25.2 Å². The van der Waals surface area contributed by atoms with Crippen molar-refractivity contribution < 1.29 is 19.0 Å². The van der Waals surface area contributed by atoms with Crippen LogP contribution in [0, 0.1) is 0 Å². The Kier molecular flexibility index (Phi) is 6.78. The fourth-order valence-electron chi connectivity index (χ4n) is 2.54. The normalized spacial score (nSPS) is 10.6. The molecule has 9 nitrogen and oxygen atoms in total. The lowest BCUT2D eigenvalue weighted by Gasteiger charge is -2.12. The number of benzene rings is 2. The number of ether oxygens (including phenoxy) is 3. The van der Waals surface area contributed by atoms with Crippen LogP contribution in [0.1, 0.15) is 21.6 Å². The lowest BCUT2D eigenvalue weighted by atomic mass is 10.1. The molecule has 1 heterocycles. The number of rotatable bonds is 8. The average Bonchev–Trinajstić information content (AvgIpc) is 2.78. The Morgan fingerprint density at radius 2 is 1.93 bits per heavy atom. The van der Waals surface area contributed by atoms with Gasteiger partial charge in [-0.15, -0.1) is 0 Å². The van der Waals surface area contributed by atoms with E-state index in [1.165, 1.54) is 18.3 Å². The van der Waals surface area contributed by atoms with E-state index in [-0.39, 0.29) is 12.3 Å². The van der Waals surface area contributed by atoms with Gasteiger partial charge >= 0.3 is 0 Å². The first kappa shape index (κ1) is 20.6. The maximum atomic E-state index is 12.0. The van der Waals surface area contributed by atoms with Gasteiger partial charge in [0.1, 0.15) is 23.9 Å². The second kappa shape index (κ2) is 9.87. The van der Waals surface area contributed by atoms with E-state index in [9.17, 15) is 9.59 Å². The minimum absolute atomic E-state index is 0.0499. The summed E-state index contributed by atoms with van der Waals surface area (Å²) >= 11 is 0. The quantitative estimate of drug-likeness (QED) is 0.436. The average molecular weight is 408 g/mol. The smallest absolute Gasteiger partial charge is 0.291 e. The fourth-order valence-corrected chi connectivity index (χ4v) is 2.54. The van der Waals surface area contributed by atoms with Gasteiger partial charge in [-0.1, -0.05) is 6.07 Å². The summed E-state index contributed by atoms with van der Waals surface area (Å²) in [6.07, 6.45) is 1.48. The Morgan fingerprint density at radius 1 is 1.10 bits per heavy atom. The molecule has 2 N–H and O–H groups in total. The van der Waals surface area contributed by atoms with Crippen molar-refractivity contribution in [2.75, 3.05) is 14.2 Å². The number of hydrazone groups is 1. The summed E-state index contributed by atoms with van der Waals surface area (Å²) in [4.78, 5) is 23.0. The highest BCUT2D eigenvalue weighted by Gasteiger charge is 2.07. The second-order valence-electron chi connectivity index (χ2n) is 6.04. The van der Waals surface area contributed by atoms with Crippen LogP contribution in [0.4, 0.5) is 0 Å². The Hall–Kier alpha value is -4.14. The van der Waals surface area contributed by atoms with Crippen LogP contribution in [0.2, 0.25) is 0 Å². The number of nitrogens with zero attached hydrogens (tertiary/aromatic N) is 2. The van der Waals surface area contributed by atoms with Crippen molar-refractivity contribution in [1.82, 2.24) is 15.6 Å². The van der Waals surface area contributed by atoms with Gasteiger partial charge in [-0.05, 0) is 42.0 Å². The van der Waals surface area contributed by atoms with E-state index in [0.29, 0.717) is 17.2 Å². The molecular formula is C21H20N4O5. The molecule has 0 radical (unpaired) electrons. The molecule has 0 aliphatic heterocycles. The lowest BCUT2D eigenvalue weighted by Crippen LogP contribution is -2.21. The summed E-state index contributed by atoms with van der Waals surface area (Å²) in [6, 6.07) is 15.2. The Bertz CT molecular complexity index is 1090. The van der Waals surface area contributed by atoms with E-state index < -0.39 is 11.5 Å². The molecule has 3 aromatic rings. The van der Waals surface area contributed by atoms with E-state index in [4.69, 9.17) is 14.2 Å². The molecule has 0 aliphatic carbocycles. The van der Waals surface area contributed by atoms with E-state index in [2.05, 4.69) is 20.7 Å². The first-order valence-electron chi connectivity index (χ1n) is 8.92. The zero-order chi connectivity index (χ0) is 21.3. The summed E-state index contributed by atoms with van der Waals surface area (Å²) in [5.74, 6) is 1.48. The molecule has 0 atom stereocenters. The van der Waals surface area contributed by atoms with Crippen LogP contribution in [0.5, 0.6) is 17.2 Å². The third-order valence-corrected chi connectivity index (χ3v) is 4.03. The van der Waals surface area contributed by atoms with Gasteiger partial charge in [0, 0.05) is 17.7 Å². The van der Waals surface area contributed by atoms with Crippen molar-refractivity contribution in [3.05, 3.63) is 81.8 Å². The van der Waals surface area contributed by atoms with E-state index in [1.807, 2.05) is 24.3 Å². The van der Waals surface area contributed by atoms with E-state index in [0.717, 1.165) is 11.1 Å². The third-order valence-electron chi connectivity index (χ3n) is 4.03. The molecule has 0 bridgehead atoms. The molecule has 1 amide bonds. The fraction of sp³-hybridized carbons (Fsp3) is 0.143. The highest BCUT2D eigenvalue weighted by atomic mass is 16.5. The van der Waals surface area contributed by atoms with Crippen LogP contribution in [-0.2, 0) is 6.61 Å². The molecule has 1 aromatic heterocycles. The maximum Gasteiger partial charge on any atom is 0.291 e. The van der Waals surface area contributed by atoms with Crippen molar-refractivity contribution in [2.24, 2.45) is 5.10 Å². The number of carbonyl (C=O) groups excluding carboxylic acids is 1. The number of aromatic amines is 1. The number of amides is 1. The first-order chi connectivity index (χ1) is 14.6. The van der Waals surface area contributed by atoms with Gasteiger partial charge in [0.15, 0.2) is 5.69 Å². The number of hydrogen-bond donors (Lipinski definition) is 2. The van der Waals surface area contributed by atoms with Gasteiger partial charge < -0.3 is 14.2 Å². The lowest BCUT2D eigenvalue weighted by molar-refractivity contribution is 0.0949. The first-order valence-corrected chi connectivity index (χ1v) is 8.92. The summed E-state index contributed by atoms with van der Waals surface area (Å²) in [7, 11) is 3.17. The summed E-state index contributed by atoms with van der Waals surface area (Å²) in [6.45, 7) is 0.270. The summed E-state index contributed by atoms with van der Waals surface area (Å²) in [5, 5.41) is 9.75. The van der Waals surface area contributed by atoms with Gasteiger partial charge in [-0.3, -0.25) is 9.59 Å². The monoisotopic (exact) mass is 408 g/mol. The zero-order valence-corrected chi connectivity index (χ0v) is 16.4. The number of carbonyl (C=O) groups is 1. The molecule has 154 valence electrons. The van der Waals surface area contributed by atoms with Crippen molar-refractivity contribution in [3.8, 4) is 17.2 Å². The summed E-state index contributed by atoms with van der Waals surface area (Å²) < 4.78 is 16.4. The second-order valence-corrected chi connectivity index (χ2v) is 6.04. The standard InChI is InChI=1S/C21H20N4O5/c1-28-16-4-3-5-17(11-16)30-13-15-10-14(6-8-19(15)29-2)12-22-25-21(27)18-7-9-20(26)24-23-18/h3-12H,13H2,1-2H3,(H,24,26)(H,25,27)/b22-12-. The molecule has 3 rings (SSSR count). The maximum absolute atomic E-state index is 12.0. The molecule has 0 spiro atoms. The molecule has 0 saturated carbocycles. The molecular weight excluding hydrogens is 388 g/mol. The van der Waals surface area contributed by atoms with E-state index in [1.54, 1.807) is 32.4 Å². The van der Waals surface area contributed by atoms with Crippen LogP contribution in [-0.4, -0.2) is 36.5 Å². The molecule has 9 heteroatoms. The Morgan fingerprint density at radius 3 is 2.67 bits per heavy atom. The number of nitrogens with one attached hydrogen (secondary N) is 2. The van der Waals surface area contributed by atoms with Crippen molar-refractivity contribution in [2.45, 2.75) is 6.61 Å². The molecule has 0 saturated heterocycles. The largest absolute Gasteiger partial charge is 0.497 e. The highest BCUT2D eigenvalue weighted by molar-refractivity contribution is 5.92. The van der Waals surface area contributed by atoms with Gasteiger partial charge in [0.2, 0.25) is 0 Å².